The molecular weight excluding hydrogens is 216 g/mol. The van der Waals surface area contributed by atoms with Crippen molar-refractivity contribution in [3.05, 3.63) is 23.9 Å². The molecule has 0 atom stereocenters. The second-order valence-electron chi connectivity index (χ2n) is 2.82. The van der Waals surface area contributed by atoms with Crippen molar-refractivity contribution in [1.82, 2.24) is 4.98 Å². The maximum atomic E-state index is 4.30. The fraction of sp³-hybridized carbons (Fsp3) is 0.444. The molecule has 0 radical (unpaired) electrons. The van der Waals surface area contributed by atoms with Crippen LogP contribution in [-0.2, 0) is 6.42 Å². The lowest BCUT2D eigenvalue weighted by Gasteiger charge is -2.14. The van der Waals surface area contributed by atoms with Gasteiger partial charge in [-0.2, -0.15) is 0 Å². The van der Waals surface area contributed by atoms with Gasteiger partial charge in [-0.25, -0.2) is 4.98 Å². The van der Waals surface area contributed by atoms with E-state index in [1.165, 1.54) is 5.56 Å². The number of anilines is 1. The molecule has 1 aromatic rings. The van der Waals surface area contributed by atoms with E-state index >= 15 is 0 Å². The molecule has 0 saturated heterocycles. The lowest BCUT2D eigenvalue weighted by Crippen LogP contribution is -2.13. The Kier molecular flexibility index (Phi) is 3.53. The number of pyridine rings is 1. The first kappa shape index (κ1) is 9.52. The van der Waals surface area contributed by atoms with Crippen molar-refractivity contribution in [1.29, 1.82) is 0 Å². The third-order valence-electron chi connectivity index (χ3n) is 1.65. The fourth-order valence-electron chi connectivity index (χ4n) is 1.13. The molecule has 0 N–H and O–H groups in total. The van der Waals surface area contributed by atoms with E-state index in [1.54, 1.807) is 0 Å². The van der Waals surface area contributed by atoms with Gasteiger partial charge in [0, 0.05) is 25.6 Å². The SMILES string of the molecule is CN(C)c1ncccc1CCBr. The van der Waals surface area contributed by atoms with Crippen molar-refractivity contribution in [2.75, 3.05) is 24.3 Å². The van der Waals surface area contributed by atoms with Gasteiger partial charge in [-0.05, 0) is 18.1 Å². The Labute approximate surface area is 81.7 Å². The lowest BCUT2D eigenvalue weighted by atomic mass is 10.2. The Bertz CT molecular complexity index is 248. The van der Waals surface area contributed by atoms with Crippen molar-refractivity contribution in [2.24, 2.45) is 0 Å². The van der Waals surface area contributed by atoms with Crippen LogP contribution in [0.15, 0.2) is 18.3 Å². The number of alkyl halides is 1. The number of hydrogen-bond acceptors (Lipinski definition) is 2. The van der Waals surface area contributed by atoms with Gasteiger partial charge >= 0.3 is 0 Å². The molecule has 0 aliphatic heterocycles. The van der Waals surface area contributed by atoms with Crippen LogP contribution >= 0.6 is 15.9 Å². The van der Waals surface area contributed by atoms with E-state index in [0.717, 1.165) is 17.6 Å². The van der Waals surface area contributed by atoms with Crippen LogP contribution in [0.4, 0.5) is 5.82 Å². The smallest absolute Gasteiger partial charge is 0.131 e. The third kappa shape index (κ3) is 2.21. The van der Waals surface area contributed by atoms with E-state index in [-0.39, 0.29) is 0 Å². The summed E-state index contributed by atoms with van der Waals surface area (Å²) in [5.41, 5.74) is 1.29. The molecular formula is C9H13BrN2. The molecule has 0 aliphatic carbocycles. The molecule has 12 heavy (non-hydrogen) atoms. The largest absolute Gasteiger partial charge is 0.363 e. The fourth-order valence-corrected chi connectivity index (χ4v) is 1.56. The predicted octanol–water partition coefficient (Wildman–Crippen LogP) is 2.08. The topological polar surface area (TPSA) is 16.1 Å². The second-order valence-corrected chi connectivity index (χ2v) is 3.61. The molecule has 0 saturated carbocycles. The van der Waals surface area contributed by atoms with Crippen LogP contribution in [0, 0.1) is 0 Å². The number of rotatable bonds is 3. The molecule has 1 heterocycles. The molecule has 1 rings (SSSR count). The van der Waals surface area contributed by atoms with Gasteiger partial charge in [0.1, 0.15) is 5.82 Å². The summed E-state index contributed by atoms with van der Waals surface area (Å²) in [5, 5.41) is 0.986. The standard InChI is InChI=1S/C9H13BrN2/c1-12(2)9-8(5-6-10)4-3-7-11-9/h3-4,7H,5-6H2,1-2H3. The molecule has 0 bridgehead atoms. The molecule has 2 nitrogen and oxygen atoms in total. The van der Waals surface area contributed by atoms with Crippen LogP contribution in [-0.4, -0.2) is 24.4 Å². The maximum Gasteiger partial charge on any atom is 0.131 e. The zero-order valence-corrected chi connectivity index (χ0v) is 9.00. The number of hydrogen-bond donors (Lipinski definition) is 0. The molecule has 0 fully saturated rings. The Hall–Kier alpha value is -0.570. The Morgan fingerprint density at radius 1 is 1.50 bits per heavy atom. The summed E-state index contributed by atoms with van der Waals surface area (Å²) in [5.74, 6) is 1.07. The van der Waals surface area contributed by atoms with E-state index < -0.39 is 0 Å². The summed E-state index contributed by atoms with van der Waals surface area (Å²) in [6.07, 6.45) is 2.86. The zero-order valence-electron chi connectivity index (χ0n) is 7.42. The average Bonchev–Trinajstić information content (AvgIpc) is 2.05. The molecule has 0 amide bonds. The molecule has 0 aromatic carbocycles. The summed E-state index contributed by atoms with van der Waals surface area (Å²) in [6, 6.07) is 4.09. The summed E-state index contributed by atoms with van der Waals surface area (Å²) < 4.78 is 0. The van der Waals surface area contributed by atoms with E-state index in [1.807, 2.05) is 31.3 Å². The monoisotopic (exact) mass is 228 g/mol. The number of aryl methyl sites for hydroxylation is 1. The van der Waals surface area contributed by atoms with E-state index in [4.69, 9.17) is 0 Å². The van der Waals surface area contributed by atoms with Gasteiger partial charge in [0.15, 0.2) is 0 Å². The van der Waals surface area contributed by atoms with Crippen LogP contribution in [0.1, 0.15) is 5.56 Å². The first-order valence-electron chi connectivity index (χ1n) is 3.93. The second kappa shape index (κ2) is 4.45. The van der Waals surface area contributed by atoms with Crippen molar-refractivity contribution in [2.45, 2.75) is 6.42 Å². The normalized spacial score (nSPS) is 9.92. The minimum absolute atomic E-state index is 0.986. The van der Waals surface area contributed by atoms with Crippen LogP contribution in [0.5, 0.6) is 0 Å². The van der Waals surface area contributed by atoms with Gasteiger partial charge < -0.3 is 4.90 Å². The van der Waals surface area contributed by atoms with Crippen molar-refractivity contribution in [3.8, 4) is 0 Å². The molecule has 0 spiro atoms. The highest BCUT2D eigenvalue weighted by atomic mass is 79.9. The van der Waals surface area contributed by atoms with Crippen molar-refractivity contribution < 1.29 is 0 Å². The number of aromatic nitrogens is 1. The van der Waals surface area contributed by atoms with Crippen molar-refractivity contribution in [3.63, 3.8) is 0 Å². The van der Waals surface area contributed by atoms with Crippen molar-refractivity contribution >= 4 is 21.7 Å². The minimum atomic E-state index is 0.986. The van der Waals surface area contributed by atoms with E-state index in [9.17, 15) is 0 Å². The van der Waals surface area contributed by atoms with Crippen LogP contribution < -0.4 is 4.90 Å². The summed E-state index contributed by atoms with van der Waals surface area (Å²) >= 11 is 3.42. The van der Waals surface area contributed by atoms with Gasteiger partial charge in [0.05, 0.1) is 0 Å². The molecule has 0 unspecified atom stereocenters. The number of halogens is 1. The third-order valence-corrected chi connectivity index (χ3v) is 2.05. The highest BCUT2D eigenvalue weighted by Crippen LogP contribution is 2.15. The van der Waals surface area contributed by atoms with Crippen LogP contribution in [0.2, 0.25) is 0 Å². The zero-order chi connectivity index (χ0) is 8.97. The molecule has 0 aliphatic rings. The van der Waals surface area contributed by atoms with Gasteiger partial charge in [-0.15, -0.1) is 0 Å². The molecule has 3 heteroatoms. The maximum absolute atomic E-state index is 4.30. The first-order valence-corrected chi connectivity index (χ1v) is 5.05. The van der Waals surface area contributed by atoms with E-state index in [2.05, 4.69) is 27.0 Å². The van der Waals surface area contributed by atoms with Gasteiger partial charge in [0.25, 0.3) is 0 Å². The van der Waals surface area contributed by atoms with Crippen LogP contribution in [0.3, 0.4) is 0 Å². The predicted molar refractivity (Wildman–Crippen MR) is 56.1 cm³/mol. The van der Waals surface area contributed by atoms with Crippen LogP contribution in [0.25, 0.3) is 0 Å². The first-order chi connectivity index (χ1) is 5.75. The van der Waals surface area contributed by atoms with E-state index in [0.29, 0.717) is 0 Å². The minimum Gasteiger partial charge on any atom is -0.363 e. The molecule has 66 valence electrons. The summed E-state index contributed by atoms with van der Waals surface area (Å²) in [7, 11) is 4.03. The Morgan fingerprint density at radius 3 is 2.83 bits per heavy atom. The summed E-state index contributed by atoms with van der Waals surface area (Å²) in [6.45, 7) is 0. The average molecular weight is 229 g/mol. The quantitative estimate of drug-likeness (QED) is 0.737. The highest BCUT2D eigenvalue weighted by molar-refractivity contribution is 9.09. The van der Waals surface area contributed by atoms with Gasteiger partial charge in [-0.1, -0.05) is 22.0 Å². The van der Waals surface area contributed by atoms with Gasteiger partial charge in [-0.3, -0.25) is 0 Å². The molecule has 1 aromatic heterocycles. The number of nitrogens with zero attached hydrogens (tertiary/aromatic N) is 2. The van der Waals surface area contributed by atoms with Gasteiger partial charge in [0.2, 0.25) is 0 Å². The lowest BCUT2D eigenvalue weighted by molar-refractivity contribution is 1.02. The highest BCUT2D eigenvalue weighted by Gasteiger charge is 2.02. The Balaban J connectivity index is 2.92. The summed E-state index contributed by atoms with van der Waals surface area (Å²) in [4.78, 5) is 6.34. The Morgan fingerprint density at radius 2 is 2.25 bits per heavy atom.